The molecule has 188 valence electrons. The third-order valence-electron chi connectivity index (χ3n) is 6.30. The van der Waals surface area contributed by atoms with E-state index in [0.29, 0.717) is 42.5 Å². The van der Waals surface area contributed by atoms with Crippen molar-refractivity contribution in [2.45, 2.75) is 40.7 Å². The first-order chi connectivity index (χ1) is 16.7. The highest BCUT2D eigenvalue weighted by atomic mass is 19.1. The van der Waals surface area contributed by atoms with Crippen LogP contribution in [-0.2, 0) is 9.59 Å². The number of ether oxygens (including phenoxy) is 1. The summed E-state index contributed by atoms with van der Waals surface area (Å²) in [5.41, 5.74) is 1.81. The van der Waals surface area contributed by atoms with Crippen LogP contribution in [0.25, 0.3) is 5.76 Å². The van der Waals surface area contributed by atoms with Gasteiger partial charge in [-0.2, -0.15) is 0 Å². The molecule has 1 aliphatic heterocycles. The van der Waals surface area contributed by atoms with Crippen LogP contribution in [-0.4, -0.2) is 59.4 Å². The maximum atomic E-state index is 13.7. The third-order valence-corrected chi connectivity index (χ3v) is 6.30. The molecule has 6 nitrogen and oxygen atoms in total. The summed E-state index contributed by atoms with van der Waals surface area (Å²) in [4.78, 5) is 29.9. The second-order valence-corrected chi connectivity index (χ2v) is 9.26. The number of benzene rings is 2. The number of amides is 1. The average Bonchev–Trinajstić information content (AvgIpc) is 3.08. The maximum Gasteiger partial charge on any atom is 0.295 e. The number of ketones is 1. The number of halogens is 1. The zero-order valence-electron chi connectivity index (χ0n) is 21.2. The molecular formula is C28H35FN2O4. The van der Waals surface area contributed by atoms with Crippen LogP contribution in [0.3, 0.4) is 0 Å². The molecule has 0 radical (unpaired) electrons. The minimum Gasteiger partial charge on any atom is -0.507 e. The molecule has 2 aromatic carbocycles. The highest BCUT2D eigenvalue weighted by Crippen LogP contribution is 2.39. The Bertz CT molecular complexity index is 1090. The monoisotopic (exact) mass is 482 g/mol. The molecule has 1 fully saturated rings. The first kappa shape index (κ1) is 26.4. The number of aliphatic hydroxyl groups excluding tert-OH is 1. The zero-order valence-corrected chi connectivity index (χ0v) is 21.2. The second-order valence-electron chi connectivity index (χ2n) is 9.26. The van der Waals surface area contributed by atoms with Crippen LogP contribution in [0.1, 0.15) is 50.4 Å². The summed E-state index contributed by atoms with van der Waals surface area (Å²) < 4.78 is 19.5. The fourth-order valence-electron chi connectivity index (χ4n) is 4.26. The van der Waals surface area contributed by atoms with Crippen LogP contribution in [0.2, 0.25) is 0 Å². The van der Waals surface area contributed by atoms with Crippen LogP contribution in [0, 0.1) is 18.7 Å². The number of hydrogen-bond acceptors (Lipinski definition) is 5. The van der Waals surface area contributed by atoms with Crippen molar-refractivity contribution in [3.8, 4) is 5.75 Å². The smallest absolute Gasteiger partial charge is 0.295 e. The molecule has 0 bridgehead atoms. The van der Waals surface area contributed by atoms with Gasteiger partial charge in [0.25, 0.3) is 11.7 Å². The van der Waals surface area contributed by atoms with E-state index >= 15 is 0 Å². The molecule has 0 aromatic heterocycles. The lowest BCUT2D eigenvalue weighted by Crippen LogP contribution is -2.38. The van der Waals surface area contributed by atoms with Crippen molar-refractivity contribution in [3.05, 3.63) is 70.5 Å². The van der Waals surface area contributed by atoms with Crippen molar-refractivity contribution in [2.75, 3.05) is 32.8 Å². The van der Waals surface area contributed by atoms with E-state index < -0.39 is 23.5 Å². The lowest BCUT2D eigenvalue weighted by Gasteiger charge is -2.28. The Morgan fingerprint density at radius 1 is 1.11 bits per heavy atom. The van der Waals surface area contributed by atoms with Gasteiger partial charge in [0, 0.05) is 18.7 Å². The Labute approximate surface area is 207 Å². The Morgan fingerprint density at radius 2 is 1.77 bits per heavy atom. The molecule has 1 N–H and O–H groups in total. The number of carbonyl (C=O) groups excluding carboxylic acids is 2. The number of nitrogens with zero attached hydrogens (tertiary/aromatic N) is 2. The standard InChI is InChI=1S/C28H35FN2O4/c1-6-30(7-2)14-15-31-25(20-8-11-22(29)12-9-20)24(27(33)28(31)34)26(32)21-10-13-23(19(5)16-21)35-17-18(3)4/h8-13,16,18,25,32H,6-7,14-15,17H2,1-5H3/t25-/m0/s1. The topological polar surface area (TPSA) is 70.1 Å². The van der Waals surface area contributed by atoms with Crippen molar-refractivity contribution in [1.82, 2.24) is 9.80 Å². The summed E-state index contributed by atoms with van der Waals surface area (Å²) in [6, 6.07) is 10.1. The number of carbonyl (C=O) groups is 2. The molecule has 0 aliphatic carbocycles. The Balaban J connectivity index is 2.04. The molecule has 1 heterocycles. The Hall–Kier alpha value is -3.19. The molecule has 1 amide bonds. The number of likely N-dealkylation sites (tertiary alicyclic amines) is 1. The van der Waals surface area contributed by atoms with Gasteiger partial charge in [-0.15, -0.1) is 0 Å². The van der Waals surface area contributed by atoms with Gasteiger partial charge < -0.3 is 19.6 Å². The van der Waals surface area contributed by atoms with Gasteiger partial charge in [-0.1, -0.05) is 39.8 Å². The van der Waals surface area contributed by atoms with Crippen LogP contribution >= 0.6 is 0 Å². The molecule has 35 heavy (non-hydrogen) atoms. The largest absolute Gasteiger partial charge is 0.507 e. The molecular weight excluding hydrogens is 447 g/mol. The second kappa shape index (κ2) is 11.5. The molecule has 2 aromatic rings. The van der Waals surface area contributed by atoms with Crippen molar-refractivity contribution >= 4 is 17.4 Å². The molecule has 7 heteroatoms. The van der Waals surface area contributed by atoms with Crippen LogP contribution in [0.15, 0.2) is 48.0 Å². The number of hydrogen-bond donors (Lipinski definition) is 1. The highest BCUT2D eigenvalue weighted by molar-refractivity contribution is 6.46. The number of rotatable bonds is 10. The SMILES string of the molecule is CCN(CC)CCN1C(=O)C(=O)C(=C(O)c2ccc(OCC(C)C)c(C)c2)[C@@H]1c1ccc(F)cc1. The van der Waals surface area contributed by atoms with E-state index in [9.17, 15) is 19.1 Å². The van der Waals surface area contributed by atoms with E-state index in [1.165, 1.54) is 17.0 Å². The molecule has 1 aliphatic rings. The van der Waals surface area contributed by atoms with Gasteiger partial charge in [0.05, 0.1) is 18.2 Å². The van der Waals surface area contributed by atoms with E-state index in [0.717, 1.165) is 18.7 Å². The number of aryl methyl sites for hydroxylation is 1. The van der Waals surface area contributed by atoms with E-state index in [-0.39, 0.29) is 11.3 Å². The zero-order chi connectivity index (χ0) is 25.7. The first-order valence-corrected chi connectivity index (χ1v) is 12.2. The summed E-state index contributed by atoms with van der Waals surface area (Å²) in [5, 5.41) is 11.3. The lowest BCUT2D eigenvalue weighted by molar-refractivity contribution is -0.140. The van der Waals surface area contributed by atoms with Gasteiger partial charge in [0.15, 0.2) is 0 Å². The van der Waals surface area contributed by atoms with Crippen LogP contribution in [0.5, 0.6) is 5.75 Å². The fraction of sp³-hybridized carbons (Fsp3) is 0.429. The van der Waals surface area contributed by atoms with Crippen LogP contribution in [0.4, 0.5) is 4.39 Å². The van der Waals surface area contributed by atoms with E-state index in [1.54, 1.807) is 30.3 Å². The van der Waals surface area contributed by atoms with Gasteiger partial charge >= 0.3 is 0 Å². The highest BCUT2D eigenvalue weighted by Gasteiger charge is 2.46. The number of aliphatic hydroxyl groups is 1. The molecule has 0 unspecified atom stereocenters. The predicted octanol–water partition coefficient (Wildman–Crippen LogP) is 4.93. The summed E-state index contributed by atoms with van der Waals surface area (Å²) >= 11 is 0. The third kappa shape index (κ3) is 5.90. The van der Waals surface area contributed by atoms with Gasteiger partial charge in [-0.3, -0.25) is 9.59 Å². The van der Waals surface area contributed by atoms with E-state index in [1.807, 2.05) is 20.8 Å². The minimum atomic E-state index is -0.802. The Morgan fingerprint density at radius 3 is 2.34 bits per heavy atom. The summed E-state index contributed by atoms with van der Waals surface area (Å²) in [7, 11) is 0. The maximum absolute atomic E-state index is 13.7. The number of likely N-dealkylation sites (N-methyl/N-ethyl adjacent to an activating group) is 1. The fourth-order valence-corrected chi connectivity index (χ4v) is 4.26. The Kier molecular flexibility index (Phi) is 8.67. The van der Waals surface area contributed by atoms with Gasteiger partial charge in [-0.25, -0.2) is 4.39 Å². The first-order valence-electron chi connectivity index (χ1n) is 12.2. The minimum absolute atomic E-state index is 0.0106. The summed E-state index contributed by atoms with van der Waals surface area (Å²) in [5.74, 6) is -1.01. The molecule has 0 spiro atoms. The van der Waals surface area contributed by atoms with E-state index in [2.05, 4.69) is 18.7 Å². The summed E-state index contributed by atoms with van der Waals surface area (Å²) in [6.45, 7) is 13.1. The number of Topliss-reactive ketones (excluding diaryl/α,β-unsaturated/α-hetero) is 1. The van der Waals surface area contributed by atoms with Crippen molar-refractivity contribution in [3.63, 3.8) is 0 Å². The predicted molar refractivity (Wildman–Crippen MR) is 135 cm³/mol. The molecule has 1 saturated heterocycles. The van der Waals surface area contributed by atoms with Crippen LogP contribution < -0.4 is 4.74 Å². The van der Waals surface area contributed by atoms with E-state index in [4.69, 9.17) is 4.74 Å². The van der Waals surface area contributed by atoms with Crippen molar-refractivity contribution in [1.29, 1.82) is 0 Å². The van der Waals surface area contributed by atoms with Gasteiger partial charge in [0.1, 0.15) is 17.3 Å². The van der Waals surface area contributed by atoms with Crippen molar-refractivity contribution in [2.24, 2.45) is 5.92 Å². The molecule has 3 rings (SSSR count). The summed E-state index contributed by atoms with van der Waals surface area (Å²) in [6.07, 6.45) is 0. The quantitative estimate of drug-likeness (QED) is 0.295. The molecule has 0 saturated carbocycles. The lowest BCUT2D eigenvalue weighted by atomic mass is 9.94. The van der Waals surface area contributed by atoms with Gasteiger partial charge in [0.2, 0.25) is 0 Å². The van der Waals surface area contributed by atoms with Gasteiger partial charge in [-0.05, 0) is 67.4 Å². The average molecular weight is 483 g/mol. The normalized spacial score (nSPS) is 17.6. The molecule has 1 atom stereocenters. The van der Waals surface area contributed by atoms with Crippen molar-refractivity contribution < 1.29 is 23.8 Å².